The molecule has 1 atom stereocenters. The Morgan fingerprint density at radius 2 is 2.50 bits per heavy atom. The smallest absolute Gasteiger partial charge is 0.227 e. The average molecular weight is 220 g/mol. The van der Waals surface area contributed by atoms with E-state index in [1.165, 1.54) is 0 Å². The highest BCUT2D eigenvalue weighted by molar-refractivity contribution is 5.79. The van der Waals surface area contributed by atoms with Crippen LogP contribution in [0.2, 0.25) is 0 Å². The molecule has 0 spiro atoms. The van der Waals surface area contributed by atoms with Gasteiger partial charge in [-0.2, -0.15) is 0 Å². The fourth-order valence-corrected chi connectivity index (χ4v) is 2.13. The van der Waals surface area contributed by atoms with Gasteiger partial charge in [0.1, 0.15) is 0 Å². The van der Waals surface area contributed by atoms with Gasteiger partial charge < -0.3 is 10.0 Å². The molecule has 1 aromatic rings. The van der Waals surface area contributed by atoms with Crippen LogP contribution in [0.4, 0.5) is 0 Å². The Morgan fingerprint density at radius 1 is 1.62 bits per heavy atom. The topological polar surface area (TPSA) is 53.4 Å². The van der Waals surface area contributed by atoms with Crippen molar-refractivity contribution in [3.63, 3.8) is 0 Å². The maximum atomic E-state index is 12.0. The van der Waals surface area contributed by atoms with E-state index in [-0.39, 0.29) is 18.6 Å². The Kier molecular flexibility index (Phi) is 3.51. The number of nitrogens with zero attached hydrogens (tertiary/aromatic N) is 2. The zero-order chi connectivity index (χ0) is 11.4. The summed E-state index contributed by atoms with van der Waals surface area (Å²) in [6.45, 7) is 0.836. The molecule has 1 fully saturated rings. The van der Waals surface area contributed by atoms with Crippen LogP contribution in [0.25, 0.3) is 0 Å². The Balaban J connectivity index is 1.98. The van der Waals surface area contributed by atoms with E-state index in [1.54, 1.807) is 17.3 Å². The summed E-state index contributed by atoms with van der Waals surface area (Å²) in [6, 6.07) is 3.74. The number of carbonyl (C=O) groups is 1. The molecule has 1 aromatic heterocycles. The number of hydrogen-bond acceptors (Lipinski definition) is 3. The van der Waals surface area contributed by atoms with Crippen LogP contribution in [-0.4, -0.2) is 40.1 Å². The van der Waals surface area contributed by atoms with Crippen molar-refractivity contribution in [1.29, 1.82) is 0 Å². The molecule has 1 saturated heterocycles. The van der Waals surface area contributed by atoms with Gasteiger partial charge in [0.25, 0.3) is 0 Å². The number of carbonyl (C=O) groups excluding carboxylic acids is 1. The summed E-state index contributed by atoms with van der Waals surface area (Å²) in [5.74, 6) is 0.0875. The molecule has 0 unspecified atom stereocenters. The molecule has 2 rings (SSSR count). The Morgan fingerprint density at radius 3 is 3.19 bits per heavy atom. The molecule has 4 nitrogen and oxygen atoms in total. The van der Waals surface area contributed by atoms with Crippen molar-refractivity contribution >= 4 is 5.91 Å². The molecule has 4 heteroatoms. The molecule has 1 aliphatic rings. The van der Waals surface area contributed by atoms with E-state index in [1.807, 2.05) is 12.1 Å². The van der Waals surface area contributed by atoms with E-state index in [4.69, 9.17) is 5.11 Å². The molecular weight excluding hydrogens is 204 g/mol. The van der Waals surface area contributed by atoms with Gasteiger partial charge in [-0.3, -0.25) is 9.78 Å². The fraction of sp³-hybridized carbons (Fsp3) is 0.500. The molecule has 86 valence electrons. The number of likely N-dealkylation sites (tertiary alicyclic amines) is 1. The molecular formula is C12H16N2O2. The Bertz CT molecular complexity index is 353. The first-order valence-corrected chi connectivity index (χ1v) is 5.60. The minimum atomic E-state index is 0.0178. The lowest BCUT2D eigenvalue weighted by Crippen LogP contribution is -2.38. The predicted octanol–water partition coefficient (Wildman–Crippen LogP) is 0.607. The van der Waals surface area contributed by atoms with Crippen LogP contribution < -0.4 is 0 Å². The number of hydrogen-bond donors (Lipinski definition) is 1. The largest absolute Gasteiger partial charge is 0.394 e. The third-order valence-electron chi connectivity index (χ3n) is 2.99. The molecule has 1 amide bonds. The SMILES string of the molecule is O=C(Cc1cccnc1)N1CCC[C@H]1CO. The Labute approximate surface area is 94.9 Å². The second-order valence-corrected chi connectivity index (χ2v) is 4.10. The number of aliphatic hydroxyl groups is 1. The van der Waals surface area contributed by atoms with E-state index in [0.29, 0.717) is 6.42 Å². The van der Waals surface area contributed by atoms with Gasteiger partial charge in [0, 0.05) is 18.9 Å². The number of aromatic nitrogens is 1. The minimum Gasteiger partial charge on any atom is -0.394 e. The molecule has 0 radical (unpaired) electrons. The monoisotopic (exact) mass is 220 g/mol. The molecule has 1 aliphatic heterocycles. The van der Waals surface area contributed by atoms with Gasteiger partial charge >= 0.3 is 0 Å². The van der Waals surface area contributed by atoms with Crippen LogP contribution in [0.1, 0.15) is 18.4 Å². The van der Waals surface area contributed by atoms with E-state index < -0.39 is 0 Å². The van der Waals surface area contributed by atoms with Crippen molar-refractivity contribution in [2.75, 3.05) is 13.2 Å². The van der Waals surface area contributed by atoms with E-state index in [0.717, 1.165) is 24.9 Å². The van der Waals surface area contributed by atoms with Gasteiger partial charge in [-0.15, -0.1) is 0 Å². The maximum Gasteiger partial charge on any atom is 0.227 e. The van der Waals surface area contributed by atoms with E-state index >= 15 is 0 Å². The van der Waals surface area contributed by atoms with Crippen molar-refractivity contribution in [1.82, 2.24) is 9.88 Å². The summed E-state index contributed by atoms with van der Waals surface area (Å²) in [7, 11) is 0. The minimum absolute atomic E-state index is 0.0178. The van der Waals surface area contributed by atoms with Gasteiger partial charge in [0.15, 0.2) is 0 Å². The van der Waals surface area contributed by atoms with E-state index in [9.17, 15) is 4.79 Å². The molecule has 16 heavy (non-hydrogen) atoms. The molecule has 1 N–H and O–H groups in total. The zero-order valence-corrected chi connectivity index (χ0v) is 9.17. The van der Waals surface area contributed by atoms with Crippen molar-refractivity contribution in [3.8, 4) is 0 Å². The normalized spacial score (nSPS) is 20.1. The predicted molar refractivity (Wildman–Crippen MR) is 59.8 cm³/mol. The first-order valence-electron chi connectivity index (χ1n) is 5.60. The van der Waals surface area contributed by atoms with Gasteiger partial charge in [-0.1, -0.05) is 6.07 Å². The average Bonchev–Trinajstić information content (AvgIpc) is 2.78. The highest BCUT2D eigenvalue weighted by atomic mass is 16.3. The lowest BCUT2D eigenvalue weighted by atomic mass is 10.2. The lowest BCUT2D eigenvalue weighted by molar-refractivity contribution is -0.132. The fourth-order valence-electron chi connectivity index (χ4n) is 2.13. The first kappa shape index (κ1) is 11.1. The van der Waals surface area contributed by atoms with Crippen molar-refractivity contribution in [2.45, 2.75) is 25.3 Å². The van der Waals surface area contributed by atoms with Crippen molar-refractivity contribution in [3.05, 3.63) is 30.1 Å². The number of rotatable bonds is 3. The molecule has 0 bridgehead atoms. The highest BCUT2D eigenvalue weighted by Gasteiger charge is 2.27. The molecule has 2 heterocycles. The third-order valence-corrected chi connectivity index (χ3v) is 2.99. The van der Waals surface area contributed by atoms with Gasteiger partial charge in [0.05, 0.1) is 19.1 Å². The molecule has 0 saturated carbocycles. The van der Waals surface area contributed by atoms with Crippen molar-refractivity contribution in [2.24, 2.45) is 0 Å². The maximum absolute atomic E-state index is 12.0. The van der Waals surface area contributed by atoms with Crippen molar-refractivity contribution < 1.29 is 9.90 Å². The van der Waals surface area contributed by atoms with Crippen LogP contribution in [0.15, 0.2) is 24.5 Å². The summed E-state index contributed by atoms with van der Waals surface area (Å²) in [6.07, 6.45) is 5.69. The third kappa shape index (κ3) is 2.39. The standard InChI is InChI=1S/C12H16N2O2/c15-9-11-4-2-6-14(11)12(16)7-10-3-1-5-13-8-10/h1,3,5,8,11,15H,2,4,6-7,9H2/t11-/m0/s1. The second kappa shape index (κ2) is 5.07. The second-order valence-electron chi connectivity index (χ2n) is 4.10. The first-order chi connectivity index (χ1) is 7.81. The van der Waals surface area contributed by atoms with Crippen LogP contribution >= 0.6 is 0 Å². The summed E-state index contributed by atoms with van der Waals surface area (Å²) in [4.78, 5) is 17.7. The van der Waals surface area contributed by atoms with Crippen LogP contribution in [-0.2, 0) is 11.2 Å². The lowest BCUT2D eigenvalue weighted by Gasteiger charge is -2.22. The summed E-state index contributed by atoms with van der Waals surface area (Å²) in [5.41, 5.74) is 0.927. The van der Waals surface area contributed by atoms with E-state index in [2.05, 4.69) is 4.98 Å². The Hall–Kier alpha value is -1.42. The van der Waals surface area contributed by atoms with Gasteiger partial charge in [0.2, 0.25) is 5.91 Å². The summed E-state index contributed by atoms with van der Waals surface area (Å²) in [5, 5.41) is 9.15. The van der Waals surface area contributed by atoms with Gasteiger partial charge in [-0.05, 0) is 24.5 Å². The molecule has 0 aromatic carbocycles. The highest BCUT2D eigenvalue weighted by Crippen LogP contribution is 2.17. The number of amides is 1. The van der Waals surface area contributed by atoms with Crippen LogP contribution in [0.5, 0.6) is 0 Å². The summed E-state index contributed by atoms with van der Waals surface area (Å²) < 4.78 is 0. The van der Waals surface area contributed by atoms with Gasteiger partial charge in [-0.25, -0.2) is 0 Å². The van der Waals surface area contributed by atoms with Crippen LogP contribution in [0.3, 0.4) is 0 Å². The summed E-state index contributed by atoms with van der Waals surface area (Å²) >= 11 is 0. The molecule has 0 aliphatic carbocycles. The quantitative estimate of drug-likeness (QED) is 0.812. The zero-order valence-electron chi connectivity index (χ0n) is 9.17. The number of pyridine rings is 1. The van der Waals surface area contributed by atoms with Crippen LogP contribution in [0, 0.1) is 0 Å². The number of aliphatic hydroxyl groups excluding tert-OH is 1.